The first-order chi connectivity index (χ1) is 7.17. The van der Waals surface area contributed by atoms with Crippen molar-refractivity contribution in [2.24, 2.45) is 0 Å². The molecule has 1 aromatic carbocycles. The van der Waals surface area contributed by atoms with Gasteiger partial charge in [0.05, 0.1) is 0 Å². The van der Waals surface area contributed by atoms with Crippen LogP contribution >= 0.6 is 0 Å². The topological polar surface area (TPSA) is 12.0 Å². The van der Waals surface area contributed by atoms with E-state index >= 15 is 0 Å². The fourth-order valence-corrected chi connectivity index (χ4v) is 1.78. The van der Waals surface area contributed by atoms with E-state index in [0.29, 0.717) is 6.04 Å². The minimum absolute atomic E-state index is 0.0773. The predicted octanol–water partition coefficient (Wildman–Crippen LogP) is 3.06. The van der Waals surface area contributed by atoms with Gasteiger partial charge in [0.1, 0.15) is 5.82 Å². The molecule has 0 spiro atoms. The summed E-state index contributed by atoms with van der Waals surface area (Å²) < 4.78 is 13.4. The van der Waals surface area contributed by atoms with E-state index in [1.54, 1.807) is 6.07 Å². The number of hydrogen-bond acceptors (Lipinski definition) is 1. The fourth-order valence-electron chi connectivity index (χ4n) is 1.78. The van der Waals surface area contributed by atoms with E-state index in [1.165, 1.54) is 0 Å². The van der Waals surface area contributed by atoms with E-state index in [9.17, 15) is 4.39 Å². The lowest BCUT2D eigenvalue weighted by Crippen LogP contribution is -2.24. The zero-order valence-electron chi connectivity index (χ0n) is 9.81. The summed E-state index contributed by atoms with van der Waals surface area (Å²) in [5.41, 5.74) is 1.97. The first kappa shape index (κ1) is 12.2. The number of aryl methyl sites for hydroxylation is 2. The van der Waals surface area contributed by atoms with Crippen LogP contribution < -0.4 is 5.32 Å². The lowest BCUT2D eigenvalue weighted by Gasteiger charge is -2.13. The van der Waals surface area contributed by atoms with E-state index in [4.69, 9.17) is 0 Å². The monoisotopic (exact) mass is 209 g/mol. The molecule has 15 heavy (non-hydrogen) atoms. The molecular formula is C13H20FN. The van der Waals surface area contributed by atoms with Crippen LogP contribution in [0.15, 0.2) is 18.2 Å². The summed E-state index contributed by atoms with van der Waals surface area (Å²) >= 11 is 0. The maximum atomic E-state index is 13.4. The average molecular weight is 209 g/mol. The molecule has 1 aromatic rings. The molecule has 0 fully saturated rings. The highest BCUT2D eigenvalue weighted by Gasteiger charge is 2.06. The van der Waals surface area contributed by atoms with Crippen molar-refractivity contribution in [3.8, 4) is 0 Å². The third-order valence-corrected chi connectivity index (χ3v) is 2.86. The molecule has 2 heteroatoms. The Morgan fingerprint density at radius 3 is 2.73 bits per heavy atom. The molecule has 0 aromatic heterocycles. The SMILES string of the molecule is CCC(CCc1cc(C)ccc1F)NC. The Balaban J connectivity index is 2.60. The first-order valence-electron chi connectivity index (χ1n) is 5.59. The molecule has 0 saturated heterocycles. The lowest BCUT2D eigenvalue weighted by molar-refractivity contribution is 0.500. The van der Waals surface area contributed by atoms with Crippen molar-refractivity contribution in [1.29, 1.82) is 0 Å². The molecule has 0 radical (unpaired) electrons. The quantitative estimate of drug-likeness (QED) is 0.786. The second-order valence-electron chi connectivity index (χ2n) is 4.03. The third kappa shape index (κ3) is 3.63. The van der Waals surface area contributed by atoms with Gasteiger partial charge >= 0.3 is 0 Å². The van der Waals surface area contributed by atoms with Crippen LogP contribution in [0.5, 0.6) is 0 Å². The van der Waals surface area contributed by atoms with Gasteiger partial charge in [0, 0.05) is 6.04 Å². The Hall–Kier alpha value is -0.890. The third-order valence-electron chi connectivity index (χ3n) is 2.86. The zero-order chi connectivity index (χ0) is 11.3. The van der Waals surface area contributed by atoms with E-state index in [1.807, 2.05) is 26.1 Å². The van der Waals surface area contributed by atoms with Gasteiger partial charge in [0.2, 0.25) is 0 Å². The summed E-state index contributed by atoms with van der Waals surface area (Å²) in [6.07, 6.45) is 2.89. The van der Waals surface area contributed by atoms with Gasteiger partial charge in [0.25, 0.3) is 0 Å². The van der Waals surface area contributed by atoms with E-state index in [0.717, 1.165) is 30.4 Å². The van der Waals surface area contributed by atoms with Crippen molar-refractivity contribution in [2.45, 2.75) is 39.2 Å². The first-order valence-corrected chi connectivity index (χ1v) is 5.59. The van der Waals surface area contributed by atoms with Crippen LogP contribution in [-0.2, 0) is 6.42 Å². The normalized spacial score (nSPS) is 12.8. The van der Waals surface area contributed by atoms with Crippen LogP contribution in [0.1, 0.15) is 30.9 Å². The molecule has 1 N–H and O–H groups in total. The maximum absolute atomic E-state index is 13.4. The van der Waals surface area contributed by atoms with Gasteiger partial charge in [-0.15, -0.1) is 0 Å². The minimum atomic E-state index is -0.0773. The van der Waals surface area contributed by atoms with Crippen LogP contribution in [0, 0.1) is 12.7 Å². The highest BCUT2D eigenvalue weighted by Crippen LogP contribution is 2.13. The number of halogens is 1. The summed E-state index contributed by atoms with van der Waals surface area (Å²) in [6, 6.07) is 5.81. The lowest BCUT2D eigenvalue weighted by atomic mass is 10.0. The van der Waals surface area contributed by atoms with Crippen LogP contribution in [-0.4, -0.2) is 13.1 Å². The summed E-state index contributed by atoms with van der Waals surface area (Å²) in [5.74, 6) is -0.0773. The molecule has 0 aliphatic rings. The van der Waals surface area contributed by atoms with Gasteiger partial charge in [-0.2, -0.15) is 0 Å². The molecule has 0 bridgehead atoms. The van der Waals surface area contributed by atoms with Gasteiger partial charge in [-0.1, -0.05) is 24.6 Å². The van der Waals surface area contributed by atoms with E-state index in [-0.39, 0.29) is 5.82 Å². The fraction of sp³-hybridized carbons (Fsp3) is 0.538. The molecule has 1 nitrogen and oxygen atoms in total. The summed E-state index contributed by atoms with van der Waals surface area (Å²) in [5, 5.41) is 3.23. The standard InChI is InChI=1S/C13H20FN/c1-4-12(15-3)7-6-11-9-10(2)5-8-13(11)14/h5,8-9,12,15H,4,6-7H2,1-3H3. The molecular weight excluding hydrogens is 189 g/mol. The van der Waals surface area contributed by atoms with Gasteiger partial charge in [0.15, 0.2) is 0 Å². The molecule has 0 heterocycles. The zero-order valence-corrected chi connectivity index (χ0v) is 9.81. The average Bonchev–Trinajstić information content (AvgIpc) is 2.24. The van der Waals surface area contributed by atoms with Crippen molar-refractivity contribution in [2.75, 3.05) is 7.05 Å². The number of nitrogens with one attached hydrogen (secondary N) is 1. The molecule has 1 atom stereocenters. The second kappa shape index (κ2) is 5.86. The largest absolute Gasteiger partial charge is 0.317 e. The molecule has 0 aliphatic heterocycles. The van der Waals surface area contributed by atoms with Crippen LogP contribution in [0.25, 0.3) is 0 Å². The summed E-state index contributed by atoms with van der Waals surface area (Å²) in [4.78, 5) is 0. The minimum Gasteiger partial charge on any atom is -0.317 e. The van der Waals surface area contributed by atoms with Crippen molar-refractivity contribution in [3.05, 3.63) is 35.1 Å². The Bertz CT molecular complexity index is 305. The number of hydrogen-bond donors (Lipinski definition) is 1. The molecule has 1 rings (SSSR count). The summed E-state index contributed by atoms with van der Waals surface area (Å²) in [6.45, 7) is 4.14. The van der Waals surface area contributed by atoms with Crippen molar-refractivity contribution >= 4 is 0 Å². The van der Waals surface area contributed by atoms with Gasteiger partial charge in [-0.25, -0.2) is 4.39 Å². The van der Waals surface area contributed by atoms with Gasteiger partial charge in [-0.3, -0.25) is 0 Å². The molecule has 0 saturated carbocycles. The van der Waals surface area contributed by atoms with E-state index in [2.05, 4.69) is 12.2 Å². The molecule has 1 unspecified atom stereocenters. The van der Waals surface area contributed by atoms with Gasteiger partial charge < -0.3 is 5.32 Å². The van der Waals surface area contributed by atoms with Crippen molar-refractivity contribution < 1.29 is 4.39 Å². The molecule has 84 valence electrons. The molecule has 0 amide bonds. The Kier molecular flexibility index (Phi) is 4.76. The highest BCUT2D eigenvalue weighted by atomic mass is 19.1. The number of rotatable bonds is 5. The summed E-state index contributed by atoms with van der Waals surface area (Å²) in [7, 11) is 1.96. The van der Waals surface area contributed by atoms with Gasteiger partial charge in [-0.05, 0) is 44.9 Å². The molecule has 0 aliphatic carbocycles. The Morgan fingerprint density at radius 2 is 2.13 bits per heavy atom. The Labute approximate surface area is 91.7 Å². The van der Waals surface area contributed by atoms with Crippen molar-refractivity contribution in [1.82, 2.24) is 5.32 Å². The second-order valence-corrected chi connectivity index (χ2v) is 4.03. The Morgan fingerprint density at radius 1 is 1.40 bits per heavy atom. The van der Waals surface area contributed by atoms with Crippen LogP contribution in [0.2, 0.25) is 0 Å². The van der Waals surface area contributed by atoms with Crippen LogP contribution in [0.3, 0.4) is 0 Å². The predicted molar refractivity (Wildman–Crippen MR) is 62.6 cm³/mol. The highest BCUT2D eigenvalue weighted by molar-refractivity contribution is 5.24. The smallest absolute Gasteiger partial charge is 0.126 e. The van der Waals surface area contributed by atoms with Crippen LogP contribution in [0.4, 0.5) is 4.39 Å². The number of benzene rings is 1. The van der Waals surface area contributed by atoms with Crippen molar-refractivity contribution in [3.63, 3.8) is 0 Å². The maximum Gasteiger partial charge on any atom is 0.126 e. The van der Waals surface area contributed by atoms with E-state index < -0.39 is 0 Å².